The number of rotatable bonds is 4. The minimum Gasteiger partial charge on any atom is -0.507 e. The summed E-state index contributed by atoms with van der Waals surface area (Å²) in [4.78, 5) is 28.1. The van der Waals surface area contributed by atoms with Crippen LogP contribution in [0.4, 0.5) is 5.69 Å². The van der Waals surface area contributed by atoms with Gasteiger partial charge in [0.25, 0.3) is 11.7 Å². The number of halogens is 1. The van der Waals surface area contributed by atoms with Crippen molar-refractivity contribution < 1.29 is 19.4 Å². The lowest BCUT2D eigenvalue weighted by atomic mass is 9.94. The highest BCUT2D eigenvalue weighted by atomic mass is 79.9. The Morgan fingerprint density at radius 1 is 0.939 bits per heavy atom. The minimum absolute atomic E-state index is 0.0619. The van der Waals surface area contributed by atoms with Crippen LogP contribution in [0.25, 0.3) is 5.76 Å². The number of aliphatic hydroxyl groups excluding tert-OH is 1. The number of Topliss-reactive ketones (excluding diaryl/α,β-unsaturated/α-hetero) is 1. The van der Waals surface area contributed by atoms with Crippen LogP contribution in [-0.2, 0) is 9.59 Å². The molecule has 0 bridgehead atoms. The monoisotopic (exact) mass is 505 g/mol. The van der Waals surface area contributed by atoms with Crippen LogP contribution >= 0.6 is 15.9 Å². The molecule has 1 atom stereocenters. The molecule has 0 radical (unpaired) electrons. The van der Waals surface area contributed by atoms with Crippen molar-refractivity contribution in [3.63, 3.8) is 0 Å². The molecule has 5 nitrogen and oxygen atoms in total. The molecule has 0 aliphatic carbocycles. The summed E-state index contributed by atoms with van der Waals surface area (Å²) in [5, 5.41) is 11.3. The number of hydrogen-bond acceptors (Lipinski definition) is 4. The summed E-state index contributed by atoms with van der Waals surface area (Å²) in [6.07, 6.45) is 0. The summed E-state index contributed by atoms with van der Waals surface area (Å²) in [5.41, 5.74) is 4.71. The summed E-state index contributed by atoms with van der Waals surface area (Å²) >= 11 is 3.46. The summed E-state index contributed by atoms with van der Waals surface area (Å²) < 4.78 is 6.16. The van der Waals surface area contributed by atoms with Gasteiger partial charge in [-0.15, -0.1) is 0 Å². The third-order valence-electron chi connectivity index (χ3n) is 5.92. The van der Waals surface area contributed by atoms with E-state index in [4.69, 9.17) is 4.74 Å². The van der Waals surface area contributed by atoms with Crippen LogP contribution in [0, 0.1) is 20.8 Å². The Bertz CT molecular complexity index is 1290. The van der Waals surface area contributed by atoms with E-state index in [1.54, 1.807) is 31.4 Å². The van der Waals surface area contributed by atoms with Crippen molar-refractivity contribution in [2.45, 2.75) is 26.8 Å². The first-order chi connectivity index (χ1) is 15.7. The van der Waals surface area contributed by atoms with Gasteiger partial charge in [-0.25, -0.2) is 0 Å². The largest absolute Gasteiger partial charge is 0.507 e. The van der Waals surface area contributed by atoms with Crippen molar-refractivity contribution >= 4 is 39.1 Å². The molecule has 3 aromatic carbocycles. The number of ketones is 1. The number of aryl methyl sites for hydroxylation is 3. The van der Waals surface area contributed by atoms with Crippen LogP contribution in [0.3, 0.4) is 0 Å². The number of methoxy groups -OCH3 is 1. The zero-order valence-electron chi connectivity index (χ0n) is 18.8. The van der Waals surface area contributed by atoms with Gasteiger partial charge in [-0.05, 0) is 67.8 Å². The fraction of sp³-hybridized carbons (Fsp3) is 0.185. The molecule has 33 heavy (non-hydrogen) atoms. The molecule has 1 fully saturated rings. The first-order valence-electron chi connectivity index (χ1n) is 10.5. The van der Waals surface area contributed by atoms with E-state index in [2.05, 4.69) is 15.9 Å². The molecule has 1 amide bonds. The van der Waals surface area contributed by atoms with E-state index in [-0.39, 0.29) is 11.3 Å². The Hall–Kier alpha value is -3.38. The van der Waals surface area contributed by atoms with E-state index in [1.807, 2.05) is 57.2 Å². The van der Waals surface area contributed by atoms with Gasteiger partial charge < -0.3 is 9.84 Å². The third-order valence-corrected chi connectivity index (χ3v) is 6.81. The second-order valence-corrected chi connectivity index (χ2v) is 9.05. The molecule has 1 saturated heterocycles. The van der Waals surface area contributed by atoms with Gasteiger partial charge >= 0.3 is 0 Å². The number of benzene rings is 3. The van der Waals surface area contributed by atoms with E-state index in [1.165, 1.54) is 4.90 Å². The van der Waals surface area contributed by atoms with Gasteiger partial charge in [0.2, 0.25) is 0 Å². The van der Waals surface area contributed by atoms with Crippen molar-refractivity contribution in [1.82, 2.24) is 0 Å². The zero-order chi connectivity index (χ0) is 23.9. The highest BCUT2D eigenvalue weighted by Crippen LogP contribution is 2.43. The van der Waals surface area contributed by atoms with Gasteiger partial charge in [-0.2, -0.15) is 0 Å². The molecule has 1 unspecified atom stereocenters. The minimum atomic E-state index is -0.777. The van der Waals surface area contributed by atoms with Crippen LogP contribution in [0.15, 0.2) is 70.7 Å². The molecule has 0 spiro atoms. The fourth-order valence-electron chi connectivity index (χ4n) is 4.21. The Kier molecular flexibility index (Phi) is 6.13. The first-order valence-corrected chi connectivity index (χ1v) is 11.3. The Labute approximate surface area is 201 Å². The number of aliphatic hydroxyl groups is 1. The molecular formula is C27H24BrNO4. The van der Waals surface area contributed by atoms with Crippen molar-refractivity contribution in [1.29, 1.82) is 0 Å². The SMILES string of the molecule is COc1ccc(C2/C(=C(\O)c3ccc(Br)c(C)c3)C(=O)C(=O)N2c2ccc(C)cc2C)cc1. The Morgan fingerprint density at radius 2 is 1.64 bits per heavy atom. The van der Waals surface area contributed by atoms with E-state index in [0.29, 0.717) is 22.6 Å². The predicted molar refractivity (Wildman–Crippen MR) is 133 cm³/mol. The highest BCUT2D eigenvalue weighted by Gasteiger charge is 2.47. The van der Waals surface area contributed by atoms with Crippen LogP contribution < -0.4 is 9.64 Å². The Morgan fingerprint density at radius 3 is 2.24 bits per heavy atom. The molecule has 6 heteroatoms. The molecule has 0 aromatic heterocycles. The van der Waals surface area contributed by atoms with Gasteiger partial charge in [0.15, 0.2) is 0 Å². The highest BCUT2D eigenvalue weighted by molar-refractivity contribution is 9.10. The van der Waals surface area contributed by atoms with Crippen LogP contribution in [0.1, 0.15) is 33.9 Å². The molecule has 1 N–H and O–H groups in total. The van der Waals surface area contributed by atoms with Gasteiger partial charge in [0, 0.05) is 15.7 Å². The second kappa shape index (κ2) is 8.87. The maximum atomic E-state index is 13.3. The molecule has 1 aliphatic heterocycles. The van der Waals surface area contributed by atoms with Crippen LogP contribution in [-0.4, -0.2) is 23.9 Å². The number of nitrogens with zero attached hydrogens (tertiary/aromatic N) is 1. The van der Waals surface area contributed by atoms with Crippen molar-refractivity contribution in [2.75, 3.05) is 12.0 Å². The summed E-state index contributed by atoms with van der Waals surface area (Å²) in [6.45, 7) is 5.78. The number of hydrogen-bond donors (Lipinski definition) is 1. The number of amides is 1. The topological polar surface area (TPSA) is 66.8 Å². The predicted octanol–water partition coefficient (Wildman–Crippen LogP) is 6.01. The smallest absolute Gasteiger partial charge is 0.300 e. The molecule has 1 heterocycles. The Balaban J connectivity index is 1.96. The standard InChI is InChI=1S/C27H24BrNO4/c1-15-5-12-22(17(3)13-15)29-24(18-6-9-20(33-4)10-7-18)23(26(31)27(29)32)25(30)19-8-11-21(28)16(2)14-19/h5-14,24,30H,1-4H3/b25-23+. The maximum Gasteiger partial charge on any atom is 0.300 e. The molecule has 168 valence electrons. The lowest BCUT2D eigenvalue weighted by Gasteiger charge is -2.27. The molecule has 1 aliphatic rings. The van der Waals surface area contributed by atoms with Crippen molar-refractivity contribution in [3.8, 4) is 5.75 Å². The van der Waals surface area contributed by atoms with Crippen LogP contribution in [0.2, 0.25) is 0 Å². The lowest BCUT2D eigenvalue weighted by molar-refractivity contribution is -0.132. The summed E-state index contributed by atoms with van der Waals surface area (Å²) in [7, 11) is 1.58. The number of carbonyl (C=O) groups excluding carboxylic acids is 2. The third kappa shape index (κ3) is 4.07. The average Bonchev–Trinajstić information content (AvgIpc) is 3.06. The van der Waals surface area contributed by atoms with E-state index in [9.17, 15) is 14.7 Å². The summed E-state index contributed by atoms with van der Waals surface area (Å²) in [5.74, 6) is -0.921. The molecule has 0 saturated carbocycles. The van der Waals surface area contributed by atoms with Crippen molar-refractivity contribution in [2.24, 2.45) is 0 Å². The molecular weight excluding hydrogens is 482 g/mol. The number of carbonyl (C=O) groups is 2. The maximum absolute atomic E-state index is 13.3. The molecule has 4 rings (SSSR count). The van der Waals surface area contributed by atoms with Crippen LogP contribution in [0.5, 0.6) is 5.75 Å². The van der Waals surface area contributed by atoms with Gasteiger partial charge in [-0.1, -0.05) is 51.8 Å². The second-order valence-electron chi connectivity index (χ2n) is 8.20. The van der Waals surface area contributed by atoms with E-state index >= 15 is 0 Å². The lowest BCUT2D eigenvalue weighted by Crippen LogP contribution is -2.30. The normalized spacial score (nSPS) is 17.5. The van der Waals surface area contributed by atoms with E-state index < -0.39 is 17.7 Å². The van der Waals surface area contributed by atoms with Gasteiger partial charge in [0.05, 0.1) is 18.7 Å². The van der Waals surface area contributed by atoms with Gasteiger partial charge in [0.1, 0.15) is 11.5 Å². The quantitative estimate of drug-likeness (QED) is 0.268. The average molecular weight is 506 g/mol. The van der Waals surface area contributed by atoms with Crippen molar-refractivity contribution in [3.05, 3.63) is 98.5 Å². The molecule has 3 aromatic rings. The fourth-order valence-corrected chi connectivity index (χ4v) is 4.45. The first kappa shape index (κ1) is 22.8. The zero-order valence-corrected chi connectivity index (χ0v) is 20.4. The number of ether oxygens (including phenoxy) is 1. The van der Waals surface area contributed by atoms with Gasteiger partial charge in [-0.3, -0.25) is 14.5 Å². The number of anilines is 1. The summed E-state index contributed by atoms with van der Waals surface area (Å²) in [6, 6.07) is 17.4. The van der Waals surface area contributed by atoms with E-state index in [0.717, 1.165) is 21.2 Å².